The molecule has 0 N–H and O–H groups in total. The number of nitrogens with zero attached hydrogens (tertiary/aromatic N) is 2. The summed E-state index contributed by atoms with van der Waals surface area (Å²) in [6.45, 7) is 2.23. The minimum Gasteiger partial charge on any atom is -0.493 e. The molecule has 0 aliphatic heterocycles. The second-order valence-electron chi connectivity index (χ2n) is 8.03. The van der Waals surface area contributed by atoms with Crippen LogP contribution in [0.2, 0.25) is 0 Å². The molecule has 0 fully saturated rings. The van der Waals surface area contributed by atoms with Gasteiger partial charge in [0.1, 0.15) is 24.7 Å². The number of methoxy groups -OCH3 is 2. The Morgan fingerprint density at radius 1 is 0.973 bits per heavy atom. The van der Waals surface area contributed by atoms with Gasteiger partial charge in [-0.2, -0.15) is 0 Å². The van der Waals surface area contributed by atoms with Crippen LogP contribution in [-0.2, 0) is 27.6 Å². The average Bonchev–Trinajstić information content (AvgIpc) is 3.60. The van der Waals surface area contributed by atoms with Gasteiger partial charge in [-0.3, -0.25) is 4.79 Å². The zero-order chi connectivity index (χ0) is 26.0. The molecule has 4 aromatic rings. The van der Waals surface area contributed by atoms with Crippen molar-refractivity contribution < 1.29 is 32.7 Å². The summed E-state index contributed by atoms with van der Waals surface area (Å²) >= 11 is 0. The molecule has 0 aliphatic rings. The predicted molar refractivity (Wildman–Crippen MR) is 135 cm³/mol. The molecular weight excluding hydrogens is 476 g/mol. The zero-order valence-corrected chi connectivity index (χ0v) is 20.9. The lowest BCUT2D eigenvalue weighted by Crippen LogP contribution is -2.08. The van der Waals surface area contributed by atoms with Gasteiger partial charge in [-0.15, -0.1) is 0 Å². The fraction of sp³-hybridized carbons (Fsp3) is 0.250. The van der Waals surface area contributed by atoms with Gasteiger partial charge in [-0.25, -0.2) is 4.98 Å². The van der Waals surface area contributed by atoms with Crippen LogP contribution in [0.3, 0.4) is 0 Å². The molecule has 0 aliphatic carbocycles. The van der Waals surface area contributed by atoms with Crippen LogP contribution in [0.5, 0.6) is 11.5 Å². The van der Waals surface area contributed by atoms with Gasteiger partial charge in [-0.1, -0.05) is 41.6 Å². The van der Waals surface area contributed by atoms with E-state index in [1.807, 2.05) is 49.4 Å². The normalized spacial score (nSPS) is 11.3. The van der Waals surface area contributed by atoms with Crippen LogP contribution >= 0.6 is 0 Å². The monoisotopic (exact) mass is 504 g/mol. The molecule has 37 heavy (non-hydrogen) atoms. The summed E-state index contributed by atoms with van der Waals surface area (Å²) in [6, 6.07) is 18.6. The maximum absolute atomic E-state index is 11.6. The Kier molecular flexibility index (Phi) is 8.59. The van der Waals surface area contributed by atoms with E-state index in [0.29, 0.717) is 46.7 Å². The number of rotatable bonds is 12. The van der Waals surface area contributed by atoms with E-state index in [9.17, 15) is 4.79 Å². The minimum atomic E-state index is -0.304. The number of hydrogen-bond donors (Lipinski definition) is 0. The van der Waals surface area contributed by atoms with Crippen molar-refractivity contribution in [3.05, 3.63) is 89.5 Å². The molecule has 4 rings (SSSR count). The van der Waals surface area contributed by atoms with Crippen molar-refractivity contribution >= 4 is 11.7 Å². The summed E-state index contributed by atoms with van der Waals surface area (Å²) in [7, 11) is 2.94. The molecule has 0 saturated carbocycles. The highest BCUT2D eigenvalue weighted by Crippen LogP contribution is 2.30. The molecule has 0 bridgehead atoms. The first kappa shape index (κ1) is 25.6. The van der Waals surface area contributed by atoms with Gasteiger partial charge in [0.25, 0.3) is 5.89 Å². The number of esters is 1. The first-order valence-corrected chi connectivity index (χ1v) is 11.7. The third-order valence-electron chi connectivity index (χ3n) is 5.52. The van der Waals surface area contributed by atoms with Crippen molar-refractivity contribution in [3.8, 4) is 23.1 Å². The van der Waals surface area contributed by atoms with Crippen LogP contribution in [0.1, 0.15) is 35.4 Å². The Morgan fingerprint density at radius 3 is 2.54 bits per heavy atom. The number of carbonyl (C=O) groups is 1. The van der Waals surface area contributed by atoms with E-state index in [1.54, 1.807) is 31.6 Å². The lowest BCUT2D eigenvalue weighted by molar-refractivity contribution is -0.140. The number of hydrogen-bond acceptors (Lipinski definition) is 9. The van der Waals surface area contributed by atoms with Crippen molar-refractivity contribution in [2.45, 2.75) is 33.0 Å². The van der Waals surface area contributed by atoms with E-state index in [1.165, 1.54) is 7.11 Å². The van der Waals surface area contributed by atoms with Crippen LogP contribution in [0.15, 0.2) is 80.9 Å². The van der Waals surface area contributed by atoms with Gasteiger partial charge in [0.2, 0.25) is 0 Å². The smallest absolute Gasteiger partial charge is 0.305 e. The highest BCUT2D eigenvalue weighted by atomic mass is 16.6. The van der Waals surface area contributed by atoms with Gasteiger partial charge < -0.3 is 27.9 Å². The van der Waals surface area contributed by atoms with Crippen LogP contribution in [0.25, 0.3) is 11.7 Å². The quantitative estimate of drug-likeness (QED) is 0.137. The Balaban J connectivity index is 1.40. The fourth-order valence-electron chi connectivity index (χ4n) is 3.52. The summed E-state index contributed by atoms with van der Waals surface area (Å²) < 4.78 is 27.2. The Hall–Kier alpha value is -4.53. The topological polar surface area (TPSA) is 106 Å². The predicted octanol–water partition coefficient (Wildman–Crippen LogP) is 5.70. The Bertz CT molecular complexity index is 1330. The van der Waals surface area contributed by atoms with Crippen LogP contribution < -0.4 is 9.47 Å². The van der Waals surface area contributed by atoms with Gasteiger partial charge in [0.15, 0.2) is 17.3 Å². The van der Waals surface area contributed by atoms with Crippen molar-refractivity contribution in [2.75, 3.05) is 14.2 Å². The van der Waals surface area contributed by atoms with E-state index in [2.05, 4.69) is 10.1 Å². The molecule has 0 atom stereocenters. The highest BCUT2D eigenvalue weighted by Gasteiger charge is 2.15. The molecule has 0 spiro atoms. The van der Waals surface area contributed by atoms with Gasteiger partial charge >= 0.3 is 5.97 Å². The van der Waals surface area contributed by atoms with E-state index < -0.39 is 0 Å². The van der Waals surface area contributed by atoms with E-state index in [0.717, 1.165) is 11.1 Å². The Labute approximate surface area is 214 Å². The third-order valence-corrected chi connectivity index (χ3v) is 5.52. The summed E-state index contributed by atoms with van der Waals surface area (Å²) in [5.41, 5.74) is 3.04. The standard InChI is InChI=1S/C28H28N2O7/c1-19-23(29-28(37-19)25-10-7-15-34-25)18-35-24-13-11-20(16-26(24)32-2)17-36-30-22(12-14-27(31)33-3)21-8-5-4-6-9-21/h4-11,13,15-16H,12,14,17-18H2,1-3H3/b30-22-. The molecular formula is C28H28N2O7. The largest absolute Gasteiger partial charge is 0.493 e. The highest BCUT2D eigenvalue weighted by molar-refractivity contribution is 6.01. The molecule has 9 nitrogen and oxygen atoms in total. The van der Waals surface area contributed by atoms with Gasteiger partial charge in [0, 0.05) is 6.42 Å². The second-order valence-corrected chi connectivity index (χ2v) is 8.03. The molecule has 0 radical (unpaired) electrons. The zero-order valence-electron chi connectivity index (χ0n) is 20.9. The number of benzene rings is 2. The number of furan rings is 1. The number of aryl methyl sites for hydroxylation is 1. The third kappa shape index (κ3) is 6.78. The number of oxazole rings is 1. The maximum Gasteiger partial charge on any atom is 0.305 e. The van der Waals surface area contributed by atoms with Gasteiger partial charge in [-0.05, 0) is 42.3 Å². The number of ether oxygens (including phenoxy) is 3. The molecule has 9 heteroatoms. The van der Waals surface area contributed by atoms with E-state index >= 15 is 0 Å². The first-order chi connectivity index (χ1) is 18.1. The number of carbonyl (C=O) groups excluding carboxylic acids is 1. The van der Waals surface area contributed by atoms with E-state index in [4.69, 9.17) is 27.9 Å². The molecule has 0 saturated heterocycles. The molecule has 2 aromatic heterocycles. The number of oxime groups is 1. The average molecular weight is 505 g/mol. The van der Waals surface area contributed by atoms with Crippen LogP contribution in [0.4, 0.5) is 0 Å². The first-order valence-electron chi connectivity index (χ1n) is 11.7. The van der Waals surface area contributed by atoms with Crippen LogP contribution in [-0.4, -0.2) is 30.9 Å². The second kappa shape index (κ2) is 12.4. The maximum atomic E-state index is 11.6. The molecule has 0 amide bonds. The minimum absolute atomic E-state index is 0.202. The summed E-state index contributed by atoms with van der Waals surface area (Å²) in [5, 5.41) is 4.29. The van der Waals surface area contributed by atoms with Crippen molar-refractivity contribution in [2.24, 2.45) is 5.16 Å². The summed E-state index contributed by atoms with van der Waals surface area (Å²) in [5.74, 6) is 2.41. The summed E-state index contributed by atoms with van der Waals surface area (Å²) in [4.78, 5) is 21.7. The lowest BCUT2D eigenvalue weighted by atomic mass is 10.1. The van der Waals surface area contributed by atoms with Gasteiger partial charge in [0.05, 0.1) is 32.6 Å². The molecule has 192 valence electrons. The van der Waals surface area contributed by atoms with Crippen molar-refractivity contribution in [1.82, 2.24) is 4.98 Å². The molecule has 2 aromatic carbocycles. The van der Waals surface area contributed by atoms with Crippen molar-refractivity contribution in [1.29, 1.82) is 0 Å². The molecule has 0 unspecified atom stereocenters. The Morgan fingerprint density at radius 2 is 1.81 bits per heavy atom. The summed E-state index contributed by atoms with van der Waals surface area (Å²) in [6.07, 6.45) is 2.18. The number of aromatic nitrogens is 1. The van der Waals surface area contributed by atoms with Crippen LogP contribution in [0, 0.1) is 6.92 Å². The lowest BCUT2D eigenvalue weighted by Gasteiger charge is -2.12. The van der Waals surface area contributed by atoms with Crippen molar-refractivity contribution in [3.63, 3.8) is 0 Å². The SMILES string of the molecule is COC(=O)CC/C(=N/OCc1ccc(OCc2nc(-c3ccco3)oc2C)c(OC)c1)c1ccccc1. The fourth-order valence-corrected chi connectivity index (χ4v) is 3.52. The van der Waals surface area contributed by atoms with E-state index in [-0.39, 0.29) is 25.6 Å². The molecule has 2 heterocycles.